The van der Waals surface area contributed by atoms with Crippen LogP contribution in [0.2, 0.25) is 0 Å². The maximum Gasteiger partial charge on any atom is 0.0794 e. The van der Waals surface area contributed by atoms with Gasteiger partial charge in [0.05, 0.1) is 5.51 Å². The van der Waals surface area contributed by atoms with Gasteiger partial charge in [-0.2, -0.15) is 0 Å². The second kappa shape index (κ2) is 3.54. The third-order valence-electron chi connectivity index (χ3n) is 2.68. The van der Waals surface area contributed by atoms with E-state index in [1.165, 1.54) is 24.1 Å². The first kappa shape index (κ1) is 8.20. The number of nitrogens with zero attached hydrogens (tertiary/aromatic N) is 1. The molecular formula is C9H14N2S. The van der Waals surface area contributed by atoms with Gasteiger partial charge in [0.25, 0.3) is 0 Å². The van der Waals surface area contributed by atoms with E-state index in [1.807, 2.05) is 11.7 Å². The Kier molecular flexibility index (Phi) is 2.42. The van der Waals surface area contributed by atoms with Crippen molar-refractivity contribution >= 4 is 11.3 Å². The van der Waals surface area contributed by atoms with Crippen LogP contribution in [0.25, 0.3) is 0 Å². The summed E-state index contributed by atoms with van der Waals surface area (Å²) in [6.07, 6.45) is 7.00. The summed E-state index contributed by atoms with van der Waals surface area (Å²) in [5.74, 6) is 0.784. The highest BCUT2D eigenvalue weighted by atomic mass is 32.1. The minimum atomic E-state index is 0.374. The fourth-order valence-corrected chi connectivity index (χ4v) is 2.28. The van der Waals surface area contributed by atoms with Crippen molar-refractivity contribution in [3.63, 3.8) is 0 Å². The molecule has 66 valence electrons. The fourth-order valence-electron chi connectivity index (χ4n) is 1.61. The van der Waals surface area contributed by atoms with E-state index in [1.54, 1.807) is 11.3 Å². The standard InChI is InChI=1S/C9H14N2S/c10-9(7-2-1-3-7)4-8-5-11-6-12-8/h5-7,9H,1-4,10H2. The van der Waals surface area contributed by atoms with E-state index in [0.717, 1.165) is 12.3 Å². The Morgan fingerprint density at radius 3 is 3.00 bits per heavy atom. The van der Waals surface area contributed by atoms with Gasteiger partial charge in [0, 0.05) is 17.1 Å². The molecule has 0 aromatic carbocycles. The number of hydrogen-bond acceptors (Lipinski definition) is 3. The van der Waals surface area contributed by atoms with Crippen molar-refractivity contribution in [3.8, 4) is 0 Å². The minimum Gasteiger partial charge on any atom is -0.327 e. The first-order valence-electron chi connectivity index (χ1n) is 4.49. The second-order valence-corrected chi connectivity index (χ2v) is 4.50. The Morgan fingerprint density at radius 2 is 2.50 bits per heavy atom. The first-order chi connectivity index (χ1) is 5.86. The van der Waals surface area contributed by atoms with E-state index in [-0.39, 0.29) is 0 Å². The molecule has 2 rings (SSSR count). The lowest BCUT2D eigenvalue weighted by atomic mass is 9.79. The van der Waals surface area contributed by atoms with Gasteiger partial charge in [-0.25, -0.2) is 0 Å². The molecule has 1 aromatic heterocycles. The van der Waals surface area contributed by atoms with Crippen molar-refractivity contribution in [2.24, 2.45) is 11.7 Å². The lowest BCUT2D eigenvalue weighted by Gasteiger charge is -2.30. The zero-order valence-electron chi connectivity index (χ0n) is 7.07. The van der Waals surface area contributed by atoms with Crippen LogP contribution in [0.3, 0.4) is 0 Å². The van der Waals surface area contributed by atoms with Crippen molar-refractivity contribution in [1.29, 1.82) is 0 Å². The molecule has 1 heterocycles. The summed E-state index contributed by atoms with van der Waals surface area (Å²) in [6, 6.07) is 0.374. The van der Waals surface area contributed by atoms with Gasteiger partial charge < -0.3 is 5.73 Å². The van der Waals surface area contributed by atoms with Crippen LogP contribution in [0.4, 0.5) is 0 Å². The molecule has 0 amide bonds. The SMILES string of the molecule is NC(Cc1cncs1)C1CCC1. The van der Waals surface area contributed by atoms with Crippen LogP contribution in [-0.4, -0.2) is 11.0 Å². The molecule has 1 saturated carbocycles. The lowest BCUT2D eigenvalue weighted by molar-refractivity contribution is 0.261. The summed E-state index contributed by atoms with van der Waals surface area (Å²) in [5, 5.41) is 0. The van der Waals surface area contributed by atoms with Gasteiger partial charge in [0.2, 0.25) is 0 Å². The van der Waals surface area contributed by atoms with Crippen molar-refractivity contribution < 1.29 is 0 Å². The highest BCUT2D eigenvalue weighted by molar-refractivity contribution is 7.09. The van der Waals surface area contributed by atoms with Gasteiger partial charge in [0.15, 0.2) is 0 Å². The zero-order valence-corrected chi connectivity index (χ0v) is 7.89. The summed E-state index contributed by atoms with van der Waals surface area (Å²) in [6.45, 7) is 0. The van der Waals surface area contributed by atoms with E-state index >= 15 is 0 Å². The molecule has 1 aliphatic rings. The fraction of sp³-hybridized carbons (Fsp3) is 0.667. The molecule has 1 unspecified atom stereocenters. The minimum absolute atomic E-state index is 0.374. The summed E-state index contributed by atoms with van der Waals surface area (Å²) in [4.78, 5) is 5.37. The highest BCUT2D eigenvalue weighted by Gasteiger charge is 2.24. The third-order valence-corrected chi connectivity index (χ3v) is 3.48. The molecule has 0 saturated heterocycles. The number of rotatable bonds is 3. The molecule has 1 atom stereocenters. The van der Waals surface area contributed by atoms with E-state index in [0.29, 0.717) is 6.04 Å². The average molecular weight is 182 g/mol. The average Bonchev–Trinajstić information content (AvgIpc) is 2.34. The van der Waals surface area contributed by atoms with Crippen molar-refractivity contribution in [2.75, 3.05) is 0 Å². The second-order valence-electron chi connectivity index (χ2n) is 3.53. The van der Waals surface area contributed by atoms with E-state index in [9.17, 15) is 0 Å². The Morgan fingerprint density at radius 1 is 1.67 bits per heavy atom. The van der Waals surface area contributed by atoms with E-state index in [2.05, 4.69) is 4.98 Å². The Labute approximate surface area is 76.8 Å². The Bertz CT molecular complexity index is 229. The first-order valence-corrected chi connectivity index (χ1v) is 5.37. The highest BCUT2D eigenvalue weighted by Crippen LogP contribution is 2.30. The van der Waals surface area contributed by atoms with Crippen molar-refractivity contribution in [2.45, 2.75) is 31.7 Å². The Hall–Kier alpha value is -0.410. The predicted octanol–water partition coefficient (Wildman–Crippen LogP) is 1.81. The van der Waals surface area contributed by atoms with Gasteiger partial charge >= 0.3 is 0 Å². The third kappa shape index (κ3) is 1.67. The predicted molar refractivity (Wildman–Crippen MR) is 51.1 cm³/mol. The summed E-state index contributed by atoms with van der Waals surface area (Å²) < 4.78 is 0. The van der Waals surface area contributed by atoms with Gasteiger partial charge in [-0.3, -0.25) is 4.98 Å². The molecule has 1 fully saturated rings. The Balaban J connectivity index is 1.86. The van der Waals surface area contributed by atoms with Gasteiger partial charge in [0.1, 0.15) is 0 Å². The van der Waals surface area contributed by atoms with E-state index < -0.39 is 0 Å². The molecule has 0 spiro atoms. The van der Waals surface area contributed by atoms with Crippen molar-refractivity contribution in [1.82, 2.24) is 4.98 Å². The number of nitrogens with two attached hydrogens (primary N) is 1. The maximum absolute atomic E-state index is 6.05. The largest absolute Gasteiger partial charge is 0.327 e. The number of hydrogen-bond donors (Lipinski definition) is 1. The van der Waals surface area contributed by atoms with Gasteiger partial charge in [-0.15, -0.1) is 11.3 Å². The number of thiazole rings is 1. The van der Waals surface area contributed by atoms with Crippen LogP contribution in [0, 0.1) is 5.92 Å². The molecule has 0 aliphatic heterocycles. The molecule has 2 N–H and O–H groups in total. The normalized spacial score (nSPS) is 20.4. The van der Waals surface area contributed by atoms with Crippen LogP contribution in [0.5, 0.6) is 0 Å². The van der Waals surface area contributed by atoms with Crippen LogP contribution in [0.15, 0.2) is 11.7 Å². The molecule has 0 radical (unpaired) electrons. The molecule has 1 aromatic rings. The topological polar surface area (TPSA) is 38.9 Å². The maximum atomic E-state index is 6.05. The van der Waals surface area contributed by atoms with Crippen LogP contribution >= 0.6 is 11.3 Å². The lowest BCUT2D eigenvalue weighted by Crippen LogP contribution is -2.36. The monoisotopic (exact) mass is 182 g/mol. The molecule has 3 heteroatoms. The summed E-state index contributed by atoms with van der Waals surface area (Å²) in [7, 11) is 0. The van der Waals surface area contributed by atoms with E-state index in [4.69, 9.17) is 5.73 Å². The summed E-state index contributed by atoms with van der Waals surface area (Å²) in [5.41, 5.74) is 7.93. The molecule has 1 aliphatic carbocycles. The zero-order chi connectivity index (χ0) is 8.39. The smallest absolute Gasteiger partial charge is 0.0794 e. The van der Waals surface area contributed by atoms with Gasteiger partial charge in [-0.05, 0) is 25.2 Å². The molecular weight excluding hydrogens is 168 g/mol. The van der Waals surface area contributed by atoms with Crippen LogP contribution in [0.1, 0.15) is 24.1 Å². The molecule has 12 heavy (non-hydrogen) atoms. The quantitative estimate of drug-likeness (QED) is 0.774. The van der Waals surface area contributed by atoms with Crippen molar-refractivity contribution in [3.05, 3.63) is 16.6 Å². The van der Waals surface area contributed by atoms with Crippen LogP contribution in [-0.2, 0) is 6.42 Å². The van der Waals surface area contributed by atoms with Crippen LogP contribution < -0.4 is 5.73 Å². The molecule has 2 nitrogen and oxygen atoms in total. The summed E-state index contributed by atoms with van der Waals surface area (Å²) >= 11 is 1.71. The van der Waals surface area contributed by atoms with Gasteiger partial charge in [-0.1, -0.05) is 6.42 Å². The number of aromatic nitrogens is 1. The molecule has 0 bridgehead atoms.